The van der Waals surface area contributed by atoms with Crippen molar-refractivity contribution in [3.8, 4) is 0 Å². The molecule has 5 heteroatoms. The fourth-order valence-corrected chi connectivity index (χ4v) is 2.39. The number of benzene rings is 2. The highest BCUT2D eigenvalue weighted by Gasteiger charge is 2.27. The number of aliphatic imine (C=N–C) groups is 1. The second-order valence-corrected chi connectivity index (χ2v) is 5.83. The van der Waals surface area contributed by atoms with E-state index in [1.807, 2.05) is 42.5 Å². The van der Waals surface area contributed by atoms with Crippen molar-refractivity contribution in [2.75, 3.05) is 5.88 Å². The largest absolute Gasteiger partial charge is 0.443 e. The summed E-state index contributed by atoms with van der Waals surface area (Å²) in [6.45, 7) is 1.73. The summed E-state index contributed by atoms with van der Waals surface area (Å²) in [6.07, 6.45) is 0.835. The SMILES string of the molecule is CC(=NCSC(F)(F)F)c1ccc(Cc2ccccc2)cc1. The number of nitrogens with zero attached hydrogens (tertiary/aromatic N) is 1. The minimum Gasteiger partial charge on any atom is -0.278 e. The zero-order valence-corrected chi connectivity index (χ0v) is 12.9. The molecule has 0 bridgehead atoms. The van der Waals surface area contributed by atoms with E-state index < -0.39 is 5.51 Å². The molecular formula is C17H16F3NS. The van der Waals surface area contributed by atoms with Crippen LogP contribution in [0, 0.1) is 0 Å². The first-order valence-electron chi connectivity index (χ1n) is 6.79. The molecule has 0 aliphatic heterocycles. The number of halogens is 3. The Bertz CT molecular complexity index is 619. The van der Waals surface area contributed by atoms with Gasteiger partial charge in [0.15, 0.2) is 0 Å². The maximum absolute atomic E-state index is 12.1. The molecule has 0 atom stereocenters. The molecule has 22 heavy (non-hydrogen) atoms. The van der Waals surface area contributed by atoms with Gasteiger partial charge in [-0.05, 0) is 41.8 Å². The Morgan fingerprint density at radius 1 is 0.955 bits per heavy atom. The van der Waals surface area contributed by atoms with Crippen LogP contribution in [0.25, 0.3) is 0 Å². The summed E-state index contributed by atoms with van der Waals surface area (Å²) in [5, 5.41) is 0. The standard InChI is InChI=1S/C17H16F3NS/c1-13(21-12-22-17(18,19)20)16-9-7-15(8-10-16)11-14-5-3-2-4-6-14/h2-10H,11-12H2,1H3. The van der Waals surface area contributed by atoms with Crippen molar-refractivity contribution in [1.82, 2.24) is 0 Å². The molecule has 2 rings (SSSR count). The number of rotatable bonds is 5. The topological polar surface area (TPSA) is 12.4 Å². The lowest BCUT2D eigenvalue weighted by Crippen LogP contribution is -2.02. The lowest BCUT2D eigenvalue weighted by Gasteiger charge is -2.06. The van der Waals surface area contributed by atoms with E-state index in [1.165, 1.54) is 5.56 Å². The first-order chi connectivity index (χ1) is 10.4. The highest BCUT2D eigenvalue weighted by Crippen LogP contribution is 2.30. The van der Waals surface area contributed by atoms with Crippen LogP contribution in [-0.4, -0.2) is 17.1 Å². The highest BCUT2D eigenvalue weighted by molar-refractivity contribution is 8.00. The molecule has 0 amide bonds. The number of hydrogen-bond donors (Lipinski definition) is 0. The molecule has 0 spiro atoms. The fraction of sp³-hybridized carbons (Fsp3) is 0.235. The third-order valence-electron chi connectivity index (χ3n) is 3.15. The summed E-state index contributed by atoms with van der Waals surface area (Å²) in [5.74, 6) is -0.304. The van der Waals surface area contributed by atoms with E-state index >= 15 is 0 Å². The average molecular weight is 323 g/mol. The quantitative estimate of drug-likeness (QED) is 0.680. The van der Waals surface area contributed by atoms with E-state index in [-0.39, 0.29) is 17.6 Å². The first-order valence-corrected chi connectivity index (χ1v) is 7.77. The molecule has 0 N–H and O–H groups in total. The van der Waals surface area contributed by atoms with Crippen LogP contribution >= 0.6 is 11.8 Å². The van der Waals surface area contributed by atoms with Crippen molar-refractivity contribution >= 4 is 17.5 Å². The fourth-order valence-electron chi connectivity index (χ4n) is 1.99. The molecule has 0 fully saturated rings. The Labute approximate surface area is 132 Å². The van der Waals surface area contributed by atoms with Crippen molar-refractivity contribution in [1.29, 1.82) is 0 Å². The summed E-state index contributed by atoms with van der Waals surface area (Å²) < 4.78 is 36.2. The highest BCUT2D eigenvalue weighted by atomic mass is 32.2. The molecule has 2 aromatic carbocycles. The Morgan fingerprint density at radius 2 is 1.55 bits per heavy atom. The molecule has 0 saturated heterocycles. The van der Waals surface area contributed by atoms with E-state index in [1.54, 1.807) is 6.92 Å². The van der Waals surface area contributed by atoms with Crippen molar-refractivity contribution in [3.63, 3.8) is 0 Å². The summed E-state index contributed by atoms with van der Waals surface area (Å²) in [4.78, 5) is 3.95. The van der Waals surface area contributed by atoms with Crippen LogP contribution in [0.3, 0.4) is 0 Å². The van der Waals surface area contributed by atoms with Gasteiger partial charge in [-0.25, -0.2) is 0 Å². The Morgan fingerprint density at radius 3 is 2.14 bits per heavy atom. The number of thioether (sulfide) groups is 1. The normalized spacial score (nSPS) is 12.5. The zero-order valence-electron chi connectivity index (χ0n) is 12.1. The van der Waals surface area contributed by atoms with Gasteiger partial charge in [-0.15, -0.1) is 0 Å². The van der Waals surface area contributed by atoms with Crippen LogP contribution in [-0.2, 0) is 6.42 Å². The van der Waals surface area contributed by atoms with Crippen LogP contribution in [0.4, 0.5) is 13.2 Å². The van der Waals surface area contributed by atoms with Crippen LogP contribution in [0.1, 0.15) is 23.6 Å². The zero-order chi connectivity index (χ0) is 16.0. The van der Waals surface area contributed by atoms with Gasteiger partial charge in [0, 0.05) is 5.71 Å². The molecule has 1 nitrogen and oxygen atoms in total. The van der Waals surface area contributed by atoms with Gasteiger partial charge < -0.3 is 0 Å². The van der Waals surface area contributed by atoms with Gasteiger partial charge in [-0.3, -0.25) is 4.99 Å². The van der Waals surface area contributed by atoms with E-state index in [0.717, 1.165) is 17.5 Å². The van der Waals surface area contributed by atoms with Crippen LogP contribution in [0.15, 0.2) is 59.6 Å². The minimum atomic E-state index is -4.23. The summed E-state index contributed by atoms with van der Waals surface area (Å²) >= 11 is -0.126. The maximum Gasteiger partial charge on any atom is 0.443 e. The minimum absolute atomic E-state index is 0.126. The van der Waals surface area contributed by atoms with Crippen molar-refractivity contribution in [2.24, 2.45) is 4.99 Å². The average Bonchev–Trinajstić information content (AvgIpc) is 2.47. The van der Waals surface area contributed by atoms with Gasteiger partial charge in [0.25, 0.3) is 0 Å². The van der Waals surface area contributed by atoms with Gasteiger partial charge in [-0.2, -0.15) is 13.2 Å². The van der Waals surface area contributed by atoms with E-state index in [2.05, 4.69) is 17.1 Å². The monoisotopic (exact) mass is 323 g/mol. The molecule has 0 aliphatic carbocycles. The van der Waals surface area contributed by atoms with Crippen molar-refractivity contribution in [2.45, 2.75) is 18.9 Å². The molecule has 116 valence electrons. The first kappa shape index (κ1) is 16.6. The molecule has 0 aliphatic rings. The predicted molar refractivity (Wildman–Crippen MR) is 86.4 cm³/mol. The molecule has 0 heterocycles. The van der Waals surface area contributed by atoms with Crippen LogP contribution in [0.2, 0.25) is 0 Å². The van der Waals surface area contributed by atoms with Crippen LogP contribution in [0.5, 0.6) is 0 Å². The second-order valence-electron chi connectivity index (χ2n) is 4.82. The van der Waals surface area contributed by atoms with E-state index in [4.69, 9.17) is 0 Å². The Hall–Kier alpha value is -1.75. The summed E-state index contributed by atoms with van der Waals surface area (Å²) in [5.41, 5.74) is -0.388. The van der Waals surface area contributed by atoms with E-state index in [9.17, 15) is 13.2 Å². The predicted octanol–water partition coefficient (Wildman–Crippen LogP) is 5.30. The molecule has 0 aromatic heterocycles. The van der Waals surface area contributed by atoms with Crippen molar-refractivity contribution < 1.29 is 13.2 Å². The molecular weight excluding hydrogens is 307 g/mol. The molecule has 2 aromatic rings. The summed E-state index contributed by atoms with van der Waals surface area (Å²) in [7, 11) is 0. The number of alkyl halides is 3. The molecule has 0 unspecified atom stereocenters. The third kappa shape index (κ3) is 5.56. The molecule has 0 saturated carbocycles. The van der Waals surface area contributed by atoms with Gasteiger partial charge in [0.05, 0.1) is 5.88 Å². The lowest BCUT2D eigenvalue weighted by molar-refractivity contribution is -0.0327. The lowest BCUT2D eigenvalue weighted by atomic mass is 10.0. The van der Waals surface area contributed by atoms with Gasteiger partial charge in [0.1, 0.15) is 0 Å². The maximum atomic E-state index is 12.1. The van der Waals surface area contributed by atoms with Crippen molar-refractivity contribution in [3.05, 3.63) is 71.3 Å². The smallest absolute Gasteiger partial charge is 0.278 e. The Kier molecular flexibility index (Phi) is 5.66. The van der Waals surface area contributed by atoms with Gasteiger partial charge in [0.2, 0.25) is 0 Å². The van der Waals surface area contributed by atoms with E-state index in [0.29, 0.717) is 5.71 Å². The molecule has 0 radical (unpaired) electrons. The van der Waals surface area contributed by atoms with Crippen LogP contribution < -0.4 is 0 Å². The second kappa shape index (κ2) is 7.49. The summed E-state index contributed by atoms with van der Waals surface area (Å²) in [6, 6.07) is 17.9. The van der Waals surface area contributed by atoms with Gasteiger partial charge >= 0.3 is 5.51 Å². The van der Waals surface area contributed by atoms with Gasteiger partial charge in [-0.1, -0.05) is 54.6 Å². The Balaban J connectivity index is 1.97. The third-order valence-corrected chi connectivity index (χ3v) is 3.74. The number of hydrogen-bond acceptors (Lipinski definition) is 2.